The van der Waals surface area contributed by atoms with Crippen molar-refractivity contribution in [2.45, 2.75) is 39.2 Å². The van der Waals surface area contributed by atoms with Crippen molar-refractivity contribution < 1.29 is 14.3 Å². The van der Waals surface area contributed by atoms with Gasteiger partial charge in [-0.3, -0.25) is 4.79 Å². The van der Waals surface area contributed by atoms with Gasteiger partial charge >= 0.3 is 11.7 Å². The quantitative estimate of drug-likeness (QED) is 0.796. The zero-order valence-electron chi connectivity index (χ0n) is 8.98. The lowest BCUT2D eigenvalue weighted by Crippen LogP contribution is -2.18. The molecule has 0 bridgehead atoms. The number of aromatic nitrogens is 2. The van der Waals surface area contributed by atoms with E-state index in [-0.39, 0.29) is 18.4 Å². The molecule has 1 heterocycles. The summed E-state index contributed by atoms with van der Waals surface area (Å²) < 4.78 is 5.95. The summed E-state index contributed by atoms with van der Waals surface area (Å²) in [4.78, 5) is 21.6. The third-order valence-corrected chi connectivity index (χ3v) is 1.79. The summed E-state index contributed by atoms with van der Waals surface area (Å²) in [7, 11) is 0. The number of nitrogens with zero attached hydrogens (tertiary/aromatic N) is 2. The Morgan fingerprint density at radius 1 is 1.53 bits per heavy atom. The lowest BCUT2D eigenvalue weighted by atomic mass is 9.97. The number of hydrogen-bond donors (Lipinski definition) is 1. The van der Waals surface area contributed by atoms with Crippen LogP contribution in [0.4, 0.5) is 0 Å². The number of aryl methyl sites for hydroxylation is 1. The molecule has 1 rings (SSSR count). The van der Waals surface area contributed by atoms with E-state index in [4.69, 9.17) is 9.52 Å². The third-order valence-electron chi connectivity index (χ3n) is 1.79. The zero-order valence-corrected chi connectivity index (χ0v) is 8.98. The van der Waals surface area contributed by atoms with Crippen LogP contribution in [0.3, 0.4) is 0 Å². The van der Waals surface area contributed by atoms with Crippen molar-refractivity contribution in [2.24, 2.45) is 0 Å². The molecule has 1 aromatic heterocycles. The van der Waals surface area contributed by atoms with Crippen LogP contribution in [0.5, 0.6) is 0 Å². The summed E-state index contributed by atoms with van der Waals surface area (Å²) in [6.45, 7) is 5.62. The highest BCUT2D eigenvalue weighted by atomic mass is 16.4. The maximum absolute atomic E-state index is 11.2. The SMILES string of the molecule is CC(C)(C)c1nn(CCC(=O)O)c(=O)o1. The summed E-state index contributed by atoms with van der Waals surface area (Å²) in [5, 5.41) is 12.4. The Balaban J connectivity index is 2.88. The summed E-state index contributed by atoms with van der Waals surface area (Å²) in [6, 6.07) is 0. The molecule has 15 heavy (non-hydrogen) atoms. The van der Waals surface area contributed by atoms with E-state index >= 15 is 0 Å². The number of hydrogen-bond acceptors (Lipinski definition) is 4. The molecule has 0 spiro atoms. The lowest BCUT2D eigenvalue weighted by Gasteiger charge is -2.10. The lowest BCUT2D eigenvalue weighted by molar-refractivity contribution is -0.137. The maximum atomic E-state index is 11.2. The molecule has 0 atom stereocenters. The molecule has 0 fully saturated rings. The fraction of sp³-hybridized carbons (Fsp3) is 0.667. The Hall–Kier alpha value is -1.59. The van der Waals surface area contributed by atoms with Crippen molar-refractivity contribution >= 4 is 5.97 Å². The van der Waals surface area contributed by atoms with E-state index in [1.165, 1.54) is 0 Å². The van der Waals surface area contributed by atoms with E-state index in [0.29, 0.717) is 5.89 Å². The molecule has 0 saturated heterocycles. The molecule has 0 aliphatic rings. The molecule has 0 saturated carbocycles. The molecule has 0 radical (unpaired) electrons. The Bertz CT molecular complexity index is 410. The second-order valence-electron chi connectivity index (χ2n) is 4.29. The first-order valence-corrected chi connectivity index (χ1v) is 4.61. The van der Waals surface area contributed by atoms with Crippen LogP contribution in [-0.4, -0.2) is 20.9 Å². The van der Waals surface area contributed by atoms with Crippen LogP contribution in [0.15, 0.2) is 9.21 Å². The number of rotatable bonds is 3. The van der Waals surface area contributed by atoms with E-state index in [2.05, 4.69) is 5.10 Å². The van der Waals surface area contributed by atoms with Crippen LogP contribution in [0, 0.1) is 0 Å². The Kier molecular flexibility index (Phi) is 2.97. The predicted octanol–water partition coefficient (Wildman–Crippen LogP) is 0.609. The topological polar surface area (TPSA) is 85.3 Å². The van der Waals surface area contributed by atoms with Gasteiger partial charge in [-0.05, 0) is 0 Å². The standard InChI is InChI=1S/C9H14N2O4/c1-9(2,3)7-10-11(8(14)15-7)5-4-6(12)13/h4-5H2,1-3H3,(H,12,13). The van der Waals surface area contributed by atoms with E-state index in [1.807, 2.05) is 20.8 Å². The van der Waals surface area contributed by atoms with Gasteiger partial charge in [0.05, 0.1) is 13.0 Å². The fourth-order valence-electron chi connectivity index (χ4n) is 0.952. The van der Waals surface area contributed by atoms with Gasteiger partial charge in [-0.15, -0.1) is 5.10 Å². The van der Waals surface area contributed by atoms with Crippen molar-refractivity contribution in [3.8, 4) is 0 Å². The Morgan fingerprint density at radius 2 is 2.13 bits per heavy atom. The van der Waals surface area contributed by atoms with E-state index in [9.17, 15) is 9.59 Å². The van der Waals surface area contributed by atoms with Crippen molar-refractivity contribution in [1.29, 1.82) is 0 Å². The van der Waals surface area contributed by atoms with Gasteiger partial charge < -0.3 is 9.52 Å². The highest BCUT2D eigenvalue weighted by Gasteiger charge is 2.22. The van der Waals surface area contributed by atoms with Crippen molar-refractivity contribution in [1.82, 2.24) is 9.78 Å². The maximum Gasteiger partial charge on any atom is 0.437 e. The highest BCUT2D eigenvalue weighted by Crippen LogP contribution is 2.17. The predicted molar refractivity (Wildman–Crippen MR) is 51.7 cm³/mol. The average molecular weight is 214 g/mol. The van der Waals surface area contributed by atoms with Crippen LogP contribution in [0.25, 0.3) is 0 Å². The molecule has 6 nitrogen and oxygen atoms in total. The van der Waals surface area contributed by atoms with E-state index in [0.717, 1.165) is 4.68 Å². The average Bonchev–Trinajstić information content (AvgIpc) is 2.42. The molecule has 0 unspecified atom stereocenters. The highest BCUT2D eigenvalue weighted by molar-refractivity contribution is 5.66. The van der Waals surface area contributed by atoms with Crippen LogP contribution in [-0.2, 0) is 16.8 Å². The van der Waals surface area contributed by atoms with Crippen molar-refractivity contribution in [3.63, 3.8) is 0 Å². The first kappa shape index (κ1) is 11.5. The zero-order chi connectivity index (χ0) is 11.6. The van der Waals surface area contributed by atoms with Gasteiger partial charge in [-0.2, -0.15) is 4.68 Å². The Labute approximate surface area is 86.5 Å². The Morgan fingerprint density at radius 3 is 2.53 bits per heavy atom. The number of carboxylic acid groups (broad SMARTS) is 1. The first-order chi connectivity index (χ1) is 6.80. The van der Waals surface area contributed by atoms with Crippen molar-refractivity contribution in [3.05, 3.63) is 16.4 Å². The molecule has 0 aliphatic carbocycles. The molecular weight excluding hydrogens is 200 g/mol. The molecular formula is C9H14N2O4. The molecule has 0 aliphatic heterocycles. The van der Waals surface area contributed by atoms with Crippen LogP contribution in [0.2, 0.25) is 0 Å². The van der Waals surface area contributed by atoms with Gasteiger partial charge in [0.15, 0.2) is 0 Å². The van der Waals surface area contributed by atoms with Crippen molar-refractivity contribution in [2.75, 3.05) is 0 Å². The molecule has 84 valence electrons. The van der Waals surface area contributed by atoms with Gasteiger partial charge in [0.25, 0.3) is 0 Å². The third kappa shape index (κ3) is 2.93. The summed E-state index contributed by atoms with van der Waals surface area (Å²) >= 11 is 0. The fourth-order valence-corrected chi connectivity index (χ4v) is 0.952. The van der Waals surface area contributed by atoms with Gasteiger partial charge in [0.2, 0.25) is 5.89 Å². The van der Waals surface area contributed by atoms with Gasteiger partial charge in [0.1, 0.15) is 0 Å². The minimum absolute atomic E-state index is 0.0355. The second kappa shape index (κ2) is 3.88. The monoisotopic (exact) mass is 214 g/mol. The summed E-state index contributed by atoms with van der Waals surface area (Å²) in [5.74, 6) is -1.26. The molecule has 0 amide bonds. The van der Waals surface area contributed by atoms with Gasteiger partial charge in [0, 0.05) is 5.41 Å². The normalized spacial score (nSPS) is 11.7. The number of carbonyl (C=O) groups is 1. The smallest absolute Gasteiger partial charge is 0.437 e. The first-order valence-electron chi connectivity index (χ1n) is 4.61. The summed E-state index contributed by atoms with van der Waals surface area (Å²) in [5.41, 5.74) is -0.354. The van der Waals surface area contributed by atoms with E-state index < -0.39 is 11.7 Å². The van der Waals surface area contributed by atoms with Gasteiger partial charge in [-0.1, -0.05) is 20.8 Å². The van der Waals surface area contributed by atoms with Crippen LogP contribution >= 0.6 is 0 Å². The van der Waals surface area contributed by atoms with E-state index in [1.54, 1.807) is 0 Å². The minimum atomic E-state index is -0.970. The largest absolute Gasteiger partial charge is 0.481 e. The molecule has 0 aromatic carbocycles. The number of carboxylic acids is 1. The van der Waals surface area contributed by atoms with Crippen LogP contribution in [0.1, 0.15) is 33.1 Å². The molecule has 6 heteroatoms. The number of aliphatic carboxylic acids is 1. The second-order valence-corrected chi connectivity index (χ2v) is 4.29. The minimum Gasteiger partial charge on any atom is -0.481 e. The molecule has 1 N–H and O–H groups in total. The molecule has 1 aromatic rings. The van der Waals surface area contributed by atoms with Crippen LogP contribution < -0.4 is 5.76 Å². The van der Waals surface area contributed by atoms with Gasteiger partial charge in [-0.25, -0.2) is 4.79 Å². The summed E-state index contributed by atoms with van der Waals surface area (Å²) in [6.07, 6.45) is -0.143.